The van der Waals surface area contributed by atoms with Crippen LogP contribution in [0, 0.1) is 6.92 Å². The smallest absolute Gasteiger partial charge is 0.121 e. The fourth-order valence-electron chi connectivity index (χ4n) is 3.31. The van der Waals surface area contributed by atoms with Gasteiger partial charge in [-0.3, -0.25) is 0 Å². The molecule has 1 aromatic heterocycles. The maximum atomic E-state index is 4.77. The SMILES string of the molecule is Cc1csc([C@]2(C)[C@H](c3ccccc3)N2c2ccccc2)n1. The summed E-state index contributed by atoms with van der Waals surface area (Å²) in [6.07, 6.45) is 0. The predicted octanol–water partition coefficient (Wildman–Crippen LogP) is 4.93. The Hall–Kier alpha value is -2.13. The van der Waals surface area contributed by atoms with Gasteiger partial charge < -0.3 is 4.90 Å². The van der Waals surface area contributed by atoms with E-state index in [4.69, 9.17) is 4.98 Å². The lowest BCUT2D eigenvalue weighted by atomic mass is 10.0. The zero-order valence-corrected chi connectivity index (χ0v) is 13.5. The molecule has 3 aromatic rings. The van der Waals surface area contributed by atoms with E-state index in [1.165, 1.54) is 16.3 Å². The summed E-state index contributed by atoms with van der Waals surface area (Å²) >= 11 is 1.76. The highest BCUT2D eigenvalue weighted by Gasteiger charge is 2.62. The maximum Gasteiger partial charge on any atom is 0.121 e. The molecule has 2 nitrogen and oxygen atoms in total. The van der Waals surface area contributed by atoms with Crippen LogP contribution in [0.3, 0.4) is 0 Å². The monoisotopic (exact) mass is 306 g/mol. The molecule has 1 saturated heterocycles. The van der Waals surface area contributed by atoms with Crippen LogP contribution >= 0.6 is 11.3 Å². The van der Waals surface area contributed by atoms with Crippen molar-refractivity contribution in [3.8, 4) is 0 Å². The second kappa shape index (κ2) is 4.96. The predicted molar refractivity (Wildman–Crippen MR) is 92.3 cm³/mol. The van der Waals surface area contributed by atoms with Crippen molar-refractivity contribution in [2.45, 2.75) is 25.4 Å². The van der Waals surface area contributed by atoms with Gasteiger partial charge in [0.1, 0.15) is 10.5 Å². The fourth-order valence-corrected chi connectivity index (χ4v) is 4.29. The number of aromatic nitrogens is 1. The minimum atomic E-state index is -0.0539. The number of aryl methyl sites for hydroxylation is 1. The van der Waals surface area contributed by atoms with Crippen LogP contribution in [0.4, 0.5) is 5.69 Å². The zero-order valence-electron chi connectivity index (χ0n) is 12.7. The van der Waals surface area contributed by atoms with Crippen molar-refractivity contribution in [3.63, 3.8) is 0 Å². The Kier molecular flexibility index (Phi) is 3.05. The molecule has 2 heterocycles. The highest BCUT2D eigenvalue weighted by Crippen LogP contribution is 2.62. The molecule has 110 valence electrons. The molecule has 0 unspecified atom stereocenters. The molecule has 0 bridgehead atoms. The second-order valence-corrected chi connectivity index (χ2v) is 6.82. The van der Waals surface area contributed by atoms with E-state index in [-0.39, 0.29) is 5.54 Å². The summed E-state index contributed by atoms with van der Waals surface area (Å²) in [7, 11) is 0. The Bertz CT molecular complexity index is 734. The normalized spacial score (nSPS) is 23.5. The zero-order chi connectivity index (χ0) is 15.2. The standard InChI is InChI=1S/C19H18N2S/c1-14-13-22-18(20-14)19(2)17(15-9-5-3-6-10-15)21(19)16-11-7-4-8-12-16/h3-13,17H,1-2H3/t17-,19-,21?/m0/s1. The lowest BCUT2D eigenvalue weighted by molar-refractivity contribution is 0.735. The topological polar surface area (TPSA) is 15.9 Å². The molecule has 4 rings (SSSR count). The third-order valence-electron chi connectivity index (χ3n) is 4.43. The Morgan fingerprint density at radius 2 is 1.64 bits per heavy atom. The van der Waals surface area contributed by atoms with Crippen LogP contribution in [0.1, 0.15) is 29.2 Å². The largest absolute Gasteiger partial charge is 0.347 e. The van der Waals surface area contributed by atoms with Crippen molar-refractivity contribution in [2.24, 2.45) is 0 Å². The first-order chi connectivity index (χ1) is 10.7. The molecule has 0 saturated carbocycles. The minimum Gasteiger partial charge on any atom is -0.347 e. The molecule has 22 heavy (non-hydrogen) atoms. The highest BCUT2D eigenvalue weighted by molar-refractivity contribution is 7.09. The van der Waals surface area contributed by atoms with Crippen molar-refractivity contribution in [2.75, 3.05) is 4.90 Å². The first-order valence-corrected chi connectivity index (χ1v) is 8.41. The molecule has 2 aromatic carbocycles. The Morgan fingerprint density at radius 3 is 2.23 bits per heavy atom. The number of thiazole rings is 1. The van der Waals surface area contributed by atoms with E-state index in [0.717, 1.165) is 5.69 Å². The van der Waals surface area contributed by atoms with Gasteiger partial charge in [-0.2, -0.15) is 0 Å². The number of hydrogen-bond donors (Lipinski definition) is 0. The van der Waals surface area contributed by atoms with E-state index in [2.05, 4.69) is 84.8 Å². The number of hydrogen-bond acceptors (Lipinski definition) is 3. The van der Waals surface area contributed by atoms with Gasteiger partial charge in [0.25, 0.3) is 0 Å². The van der Waals surface area contributed by atoms with Gasteiger partial charge in [-0.25, -0.2) is 4.98 Å². The van der Waals surface area contributed by atoms with Crippen LogP contribution in [0.5, 0.6) is 0 Å². The molecular formula is C19H18N2S. The van der Waals surface area contributed by atoms with E-state index in [1.807, 2.05) is 0 Å². The Balaban J connectivity index is 1.81. The quantitative estimate of drug-likeness (QED) is 0.638. The van der Waals surface area contributed by atoms with Crippen molar-refractivity contribution >= 4 is 17.0 Å². The third kappa shape index (κ3) is 1.97. The second-order valence-electron chi connectivity index (χ2n) is 5.96. The third-order valence-corrected chi connectivity index (χ3v) is 5.61. The minimum absolute atomic E-state index is 0.0539. The van der Waals surface area contributed by atoms with Gasteiger partial charge in [0, 0.05) is 16.8 Å². The average Bonchev–Trinajstić information content (AvgIpc) is 2.95. The Labute approximate surface area is 135 Å². The van der Waals surface area contributed by atoms with Gasteiger partial charge in [-0.15, -0.1) is 11.3 Å². The van der Waals surface area contributed by atoms with Crippen LogP contribution in [0.15, 0.2) is 66.0 Å². The van der Waals surface area contributed by atoms with Gasteiger partial charge in [0.15, 0.2) is 0 Å². The first kappa shape index (κ1) is 13.5. The van der Waals surface area contributed by atoms with Crippen molar-refractivity contribution in [1.82, 2.24) is 4.98 Å². The lowest BCUT2D eigenvalue weighted by Gasteiger charge is -2.10. The molecule has 3 heteroatoms. The first-order valence-electron chi connectivity index (χ1n) is 7.53. The number of para-hydroxylation sites is 1. The summed E-state index contributed by atoms with van der Waals surface area (Å²) < 4.78 is 0. The van der Waals surface area contributed by atoms with Gasteiger partial charge in [-0.05, 0) is 31.5 Å². The highest BCUT2D eigenvalue weighted by atomic mass is 32.1. The molecule has 0 aliphatic carbocycles. The summed E-state index contributed by atoms with van der Waals surface area (Å²) in [4.78, 5) is 7.25. The molecule has 1 fully saturated rings. The molecule has 0 N–H and O–H groups in total. The lowest BCUT2D eigenvalue weighted by Crippen LogP contribution is -2.11. The van der Waals surface area contributed by atoms with Crippen LogP contribution in [-0.4, -0.2) is 4.98 Å². The number of benzene rings is 2. The number of rotatable bonds is 3. The van der Waals surface area contributed by atoms with Gasteiger partial charge >= 0.3 is 0 Å². The number of nitrogens with zero attached hydrogens (tertiary/aromatic N) is 2. The summed E-state index contributed by atoms with van der Waals surface area (Å²) in [6, 6.07) is 21.7. The fraction of sp³-hybridized carbons (Fsp3) is 0.211. The molecule has 0 spiro atoms. The van der Waals surface area contributed by atoms with E-state index >= 15 is 0 Å². The average molecular weight is 306 g/mol. The van der Waals surface area contributed by atoms with Crippen LogP contribution < -0.4 is 4.90 Å². The van der Waals surface area contributed by atoms with Crippen LogP contribution in [0.2, 0.25) is 0 Å². The van der Waals surface area contributed by atoms with Gasteiger partial charge in [-0.1, -0.05) is 48.5 Å². The summed E-state index contributed by atoms with van der Waals surface area (Å²) in [5, 5.41) is 3.34. The van der Waals surface area contributed by atoms with E-state index in [0.29, 0.717) is 6.04 Å². The Morgan fingerprint density at radius 1 is 1.00 bits per heavy atom. The van der Waals surface area contributed by atoms with E-state index in [1.54, 1.807) is 11.3 Å². The summed E-state index contributed by atoms with van der Waals surface area (Å²) in [5.74, 6) is 0. The molecule has 1 aliphatic rings. The summed E-state index contributed by atoms with van der Waals surface area (Å²) in [6.45, 7) is 4.37. The molecule has 0 radical (unpaired) electrons. The van der Waals surface area contributed by atoms with Crippen molar-refractivity contribution in [1.29, 1.82) is 0 Å². The van der Waals surface area contributed by atoms with Crippen molar-refractivity contribution in [3.05, 3.63) is 82.3 Å². The molecule has 0 amide bonds. The van der Waals surface area contributed by atoms with Crippen molar-refractivity contribution < 1.29 is 0 Å². The summed E-state index contributed by atoms with van der Waals surface area (Å²) in [5.41, 5.74) is 3.66. The van der Waals surface area contributed by atoms with Crippen LogP contribution in [-0.2, 0) is 5.54 Å². The van der Waals surface area contributed by atoms with E-state index in [9.17, 15) is 0 Å². The molecule has 1 aliphatic heterocycles. The number of anilines is 1. The molecule has 2 atom stereocenters. The van der Waals surface area contributed by atoms with Gasteiger partial charge in [0.2, 0.25) is 0 Å². The van der Waals surface area contributed by atoms with E-state index < -0.39 is 0 Å². The molecular weight excluding hydrogens is 288 g/mol. The van der Waals surface area contributed by atoms with Crippen LogP contribution in [0.25, 0.3) is 0 Å². The van der Waals surface area contributed by atoms with Gasteiger partial charge in [0.05, 0.1) is 6.04 Å². The maximum absolute atomic E-state index is 4.77.